The van der Waals surface area contributed by atoms with Gasteiger partial charge >= 0.3 is 0 Å². The highest BCUT2D eigenvalue weighted by Crippen LogP contribution is 2.35. The van der Waals surface area contributed by atoms with Crippen molar-refractivity contribution < 1.29 is 0 Å². The second kappa shape index (κ2) is 13.8. The van der Waals surface area contributed by atoms with Crippen molar-refractivity contribution in [3.63, 3.8) is 0 Å². The van der Waals surface area contributed by atoms with Gasteiger partial charge in [-0.05, 0) is 91.7 Å². The number of nitrogens with zero attached hydrogens (tertiary/aromatic N) is 3. The van der Waals surface area contributed by atoms with Crippen LogP contribution in [0.1, 0.15) is 24.0 Å². The normalized spacial score (nSPS) is 12.8. The molecule has 0 fully saturated rings. The zero-order chi connectivity index (χ0) is 31.0. The van der Waals surface area contributed by atoms with Gasteiger partial charge in [-0.1, -0.05) is 109 Å². The fourth-order valence-corrected chi connectivity index (χ4v) is 5.86. The van der Waals surface area contributed by atoms with Gasteiger partial charge in [-0.15, -0.1) is 0 Å². The zero-order valence-corrected chi connectivity index (χ0v) is 25.7. The topological polar surface area (TPSA) is 18.8 Å². The van der Waals surface area contributed by atoms with Crippen LogP contribution in [0.3, 0.4) is 0 Å². The molecule has 0 spiro atoms. The Bertz CT molecular complexity index is 1900. The molecule has 6 aromatic carbocycles. The van der Waals surface area contributed by atoms with E-state index in [4.69, 9.17) is 4.99 Å². The molecule has 1 aliphatic rings. The molecule has 6 aromatic rings. The van der Waals surface area contributed by atoms with Crippen LogP contribution in [0.25, 0.3) is 0 Å². The molecule has 1 aliphatic carbocycles. The lowest BCUT2D eigenvalue weighted by Crippen LogP contribution is -2.16. The molecule has 0 atom stereocenters. The van der Waals surface area contributed by atoms with E-state index in [-0.39, 0.29) is 0 Å². The second-order valence-corrected chi connectivity index (χ2v) is 11.2. The molecular formula is C43H35N3. The van der Waals surface area contributed by atoms with Crippen LogP contribution in [0.15, 0.2) is 199 Å². The molecule has 0 unspecified atom stereocenters. The lowest BCUT2D eigenvalue weighted by molar-refractivity contribution is 0.997. The summed E-state index contributed by atoms with van der Waals surface area (Å²) in [5.74, 6) is 0. The van der Waals surface area contributed by atoms with E-state index in [2.05, 4.69) is 168 Å². The van der Waals surface area contributed by atoms with Gasteiger partial charge in [-0.3, -0.25) is 0 Å². The van der Waals surface area contributed by atoms with E-state index in [0.29, 0.717) is 0 Å². The number of hydrogen-bond acceptors (Lipinski definition) is 3. The maximum Gasteiger partial charge on any atom is 0.0781 e. The molecule has 222 valence electrons. The van der Waals surface area contributed by atoms with Gasteiger partial charge in [0.05, 0.1) is 11.4 Å². The molecule has 0 aromatic heterocycles. The van der Waals surface area contributed by atoms with Gasteiger partial charge in [0.25, 0.3) is 0 Å². The van der Waals surface area contributed by atoms with Crippen LogP contribution >= 0.6 is 0 Å². The lowest BCUT2D eigenvalue weighted by Gasteiger charge is -2.28. The van der Waals surface area contributed by atoms with Gasteiger partial charge in [0, 0.05) is 45.3 Å². The first kappa shape index (κ1) is 28.8. The molecule has 3 nitrogen and oxygen atoms in total. The van der Waals surface area contributed by atoms with Crippen LogP contribution in [0.2, 0.25) is 0 Å². The molecule has 46 heavy (non-hydrogen) atoms. The summed E-state index contributed by atoms with van der Waals surface area (Å²) in [7, 11) is 0. The number of hydrogen-bond donors (Lipinski definition) is 0. The Labute approximate surface area is 271 Å². The summed E-state index contributed by atoms with van der Waals surface area (Å²) in [5, 5.41) is 0. The zero-order valence-electron chi connectivity index (χ0n) is 25.7. The third-order valence-electron chi connectivity index (χ3n) is 8.07. The van der Waals surface area contributed by atoms with E-state index >= 15 is 0 Å². The van der Waals surface area contributed by atoms with Gasteiger partial charge in [0.15, 0.2) is 0 Å². The number of benzene rings is 6. The number of anilines is 5. The first-order chi connectivity index (χ1) is 22.8. The van der Waals surface area contributed by atoms with Gasteiger partial charge in [-0.25, -0.2) is 4.99 Å². The highest BCUT2D eigenvalue weighted by Gasteiger charge is 2.17. The van der Waals surface area contributed by atoms with Crippen molar-refractivity contribution in [3.8, 4) is 0 Å². The lowest BCUT2D eigenvalue weighted by atomic mass is 10.0. The van der Waals surface area contributed by atoms with Crippen LogP contribution in [-0.2, 0) is 0 Å². The molecular weight excluding hydrogens is 558 g/mol. The maximum absolute atomic E-state index is 5.18. The first-order valence-electron chi connectivity index (χ1n) is 15.8. The smallest absolute Gasteiger partial charge is 0.0781 e. The van der Waals surface area contributed by atoms with Crippen molar-refractivity contribution in [3.05, 3.63) is 205 Å². The van der Waals surface area contributed by atoms with Crippen molar-refractivity contribution in [1.29, 1.82) is 0 Å². The molecule has 0 bridgehead atoms. The van der Waals surface area contributed by atoms with E-state index in [1.807, 2.05) is 30.3 Å². The fraction of sp³-hybridized carbons (Fsp3) is 0.0465. The van der Waals surface area contributed by atoms with Crippen molar-refractivity contribution in [2.24, 2.45) is 4.99 Å². The Hall–Kier alpha value is -5.93. The third kappa shape index (κ3) is 6.45. The molecule has 0 heterocycles. The molecule has 0 saturated heterocycles. The van der Waals surface area contributed by atoms with E-state index in [1.54, 1.807) is 0 Å². The van der Waals surface area contributed by atoms with Gasteiger partial charge in [0.2, 0.25) is 0 Å². The third-order valence-corrected chi connectivity index (χ3v) is 8.07. The van der Waals surface area contributed by atoms with E-state index in [0.717, 1.165) is 63.8 Å². The molecule has 0 aliphatic heterocycles. The minimum absolute atomic E-state index is 0.921. The van der Waals surface area contributed by atoms with Crippen LogP contribution < -0.4 is 9.80 Å². The quantitative estimate of drug-likeness (QED) is 0.155. The largest absolute Gasteiger partial charge is 0.311 e. The fourth-order valence-electron chi connectivity index (χ4n) is 5.86. The van der Waals surface area contributed by atoms with Crippen LogP contribution in [0.4, 0.5) is 34.1 Å². The summed E-state index contributed by atoms with van der Waals surface area (Å²) in [6.07, 6.45) is 8.92. The number of allylic oxidation sites excluding steroid dienone is 3. The summed E-state index contributed by atoms with van der Waals surface area (Å²) >= 11 is 0. The summed E-state index contributed by atoms with van der Waals surface area (Å²) in [5.41, 5.74) is 10.7. The van der Waals surface area contributed by atoms with E-state index in [9.17, 15) is 0 Å². The average molecular weight is 594 g/mol. The molecule has 0 radical (unpaired) electrons. The number of aliphatic imine (C=N–C) groups is 1. The van der Waals surface area contributed by atoms with Crippen LogP contribution in [-0.4, -0.2) is 5.71 Å². The first-order valence-corrected chi connectivity index (χ1v) is 15.8. The standard InChI is InChI=1S/C43H35N3/c1-6-16-36(17-7-1)44-43(34-26-30-41(31-27-34)45(37-18-8-2-9-19-37)38-20-10-3-11-21-38)35-28-32-42(33-29-35)46(39-22-12-4-13-23-39)40-24-14-5-15-25-40/h1-4,6-14,16-33H,5,15H2. The minimum Gasteiger partial charge on any atom is -0.311 e. The second-order valence-electron chi connectivity index (χ2n) is 11.2. The maximum atomic E-state index is 5.18. The van der Waals surface area contributed by atoms with Gasteiger partial charge in [-0.2, -0.15) is 0 Å². The summed E-state index contributed by atoms with van der Waals surface area (Å²) < 4.78 is 0. The average Bonchev–Trinajstić information content (AvgIpc) is 3.14. The van der Waals surface area contributed by atoms with E-state index < -0.39 is 0 Å². The summed E-state index contributed by atoms with van der Waals surface area (Å²) in [6.45, 7) is 0. The monoisotopic (exact) mass is 593 g/mol. The SMILES string of the molecule is C1=CC(N(c2ccccc2)c2ccc(C(=Nc3ccccc3)c3ccc(N(c4ccccc4)c4ccccc4)cc3)cc2)=CCC1. The Morgan fingerprint density at radius 1 is 0.413 bits per heavy atom. The Balaban J connectivity index is 1.27. The number of para-hydroxylation sites is 4. The van der Waals surface area contributed by atoms with Gasteiger partial charge in [0.1, 0.15) is 0 Å². The summed E-state index contributed by atoms with van der Waals surface area (Å²) in [4.78, 5) is 9.78. The summed E-state index contributed by atoms with van der Waals surface area (Å²) in [6, 6.07) is 59.2. The highest BCUT2D eigenvalue weighted by atomic mass is 15.1. The molecule has 3 heteroatoms. The van der Waals surface area contributed by atoms with Crippen molar-refractivity contribution in [2.45, 2.75) is 12.8 Å². The predicted molar refractivity (Wildman–Crippen MR) is 194 cm³/mol. The Morgan fingerprint density at radius 3 is 1.28 bits per heavy atom. The van der Waals surface area contributed by atoms with Crippen molar-refractivity contribution in [2.75, 3.05) is 9.80 Å². The predicted octanol–water partition coefficient (Wildman–Crippen LogP) is 11.7. The van der Waals surface area contributed by atoms with Crippen molar-refractivity contribution >= 4 is 39.8 Å². The molecule has 0 saturated carbocycles. The van der Waals surface area contributed by atoms with Crippen LogP contribution in [0, 0.1) is 0 Å². The minimum atomic E-state index is 0.921. The molecule has 0 amide bonds. The Kier molecular flexibility index (Phi) is 8.64. The molecule has 0 N–H and O–H groups in total. The van der Waals surface area contributed by atoms with Crippen LogP contribution in [0.5, 0.6) is 0 Å². The number of rotatable bonds is 9. The van der Waals surface area contributed by atoms with Gasteiger partial charge < -0.3 is 9.80 Å². The molecule has 7 rings (SSSR count). The Morgan fingerprint density at radius 2 is 0.826 bits per heavy atom. The highest BCUT2D eigenvalue weighted by molar-refractivity contribution is 6.14. The van der Waals surface area contributed by atoms with Crippen molar-refractivity contribution in [1.82, 2.24) is 0 Å². The van der Waals surface area contributed by atoms with E-state index in [1.165, 1.54) is 5.70 Å².